The van der Waals surface area contributed by atoms with Crippen molar-refractivity contribution < 1.29 is 0 Å². The van der Waals surface area contributed by atoms with Crippen LogP contribution in [0.3, 0.4) is 0 Å². The molecule has 1 aromatic carbocycles. The largest absolute Gasteiger partial charge is 0.370 e. The van der Waals surface area contributed by atoms with Crippen molar-refractivity contribution in [1.29, 1.82) is 0 Å². The van der Waals surface area contributed by atoms with Crippen molar-refractivity contribution in [2.75, 3.05) is 17.2 Å². The first-order valence-corrected chi connectivity index (χ1v) is 7.37. The number of benzene rings is 1. The van der Waals surface area contributed by atoms with Crippen LogP contribution in [-0.2, 0) is 6.42 Å². The summed E-state index contributed by atoms with van der Waals surface area (Å²) in [5.41, 5.74) is 3.57. The van der Waals surface area contributed by atoms with Crippen LogP contribution in [0.25, 0.3) is 0 Å². The minimum Gasteiger partial charge on any atom is -0.370 e. The van der Waals surface area contributed by atoms with Gasteiger partial charge in [-0.3, -0.25) is 0 Å². The van der Waals surface area contributed by atoms with Crippen LogP contribution in [0.15, 0.2) is 42.6 Å². The maximum absolute atomic E-state index is 4.27. The van der Waals surface area contributed by atoms with E-state index < -0.39 is 0 Å². The van der Waals surface area contributed by atoms with Crippen molar-refractivity contribution in [3.05, 3.63) is 48.2 Å². The van der Waals surface area contributed by atoms with Gasteiger partial charge < -0.3 is 10.6 Å². The van der Waals surface area contributed by atoms with Crippen LogP contribution in [0.4, 0.5) is 17.2 Å². The fourth-order valence-corrected chi connectivity index (χ4v) is 2.09. The number of aromatic nitrogens is 1. The third-order valence-electron chi connectivity index (χ3n) is 3.18. The molecule has 0 aliphatic heterocycles. The van der Waals surface area contributed by atoms with Crippen LogP contribution in [-0.4, -0.2) is 11.5 Å². The van der Waals surface area contributed by atoms with Crippen molar-refractivity contribution in [3.63, 3.8) is 0 Å². The molecule has 0 amide bonds. The second-order valence-electron chi connectivity index (χ2n) is 4.89. The molecular weight excluding hydrogens is 246 g/mol. The van der Waals surface area contributed by atoms with Crippen LogP contribution in [0.5, 0.6) is 0 Å². The van der Waals surface area contributed by atoms with Crippen molar-refractivity contribution in [3.8, 4) is 0 Å². The zero-order chi connectivity index (χ0) is 14.2. The summed E-state index contributed by atoms with van der Waals surface area (Å²) in [4.78, 5) is 4.27. The molecule has 0 bridgehead atoms. The Bertz CT molecular complexity index is 520. The van der Waals surface area contributed by atoms with E-state index in [-0.39, 0.29) is 0 Å². The van der Waals surface area contributed by atoms with Gasteiger partial charge in [0.05, 0.1) is 0 Å². The first-order valence-electron chi connectivity index (χ1n) is 7.37. The third kappa shape index (κ3) is 4.26. The molecule has 0 aliphatic rings. The van der Waals surface area contributed by atoms with E-state index in [9.17, 15) is 0 Å². The van der Waals surface area contributed by atoms with E-state index in [2.05, 4.69) is 53.7 Å². The van der Waals surface area contributed by atoms with Gasteiger partial charge in [0, 0.05) is 30.2 Å². The molecule has 2 aromatic rings. The Balaban J connectivity index is 2.00. The van der Waals surface area contributed by atoms with Crippen LogP contribution in [0.2, 0.25) is 0 Å². The van der Waals surface area contributed by atoms with Gasteiger partial charge in [0.2, 0.25) is 0 Å². The van der Waals surface area contributed by atoms with E-state index in [4.69, 9.17) is 0 Å². The van der Waals surface area contributed by atoms with E-state index >= 15 is 0 Å². The van der Waals surface area contributed by atoms with Gasteiger partial charge in [0.15, 0.2) is 0 Å². The Morgan fingerprint density at radius 2 is 1.80 bits per heavy atom. The minimum absolute atomic E-state index is 0.878. The summed E-state index contributed by atoms with van der Waals surface area (Å²) < 4.78 is 0. The smallest absolute Gasteiger partial charge is 0.127 e. The van der Waals surface area contributed by atoms with Gasteiger partial charge in [-0.05, 0) is 43.5 Å². The number of nitrogens with one attached hydrogen (secondary N) is 2. The standard InChI is InChI=1S/C17H23N3/c1-3-5-6-14-7-9-15(10-8-14)20-16-11-12-19-17(13-16)18-4-2/h7-13H,3-6H2,1-2H3,(H2,18,19,20). The number of nitrogens with zero attached hydrogens (tertiary/aromatic N) is 1. The van der Waals surface area contributed by atoms with Crippen molar-refractivity contribution in [2.45, 2.75) is 33.1 Å². The van der Waals surface area contributed by atoms with Gasteiger partial charge >= 0.3 is 0 Å². The lowest BCUT2D eigenvalue weighted by Crippen LogP contribution is -1.99. The Labute approximate surface area is 121 Å². The third-order valence-corrected chi connectivity index (χ3v) is 3.18. The number of rotatable bonds is 7. The van der Waals surface area contributed by atoms with Gasteiger partial charge in [-0.15, -0.1) is 0 Å². The first-order chi connectivity index (χ1) is 9.81. The van der Waals surface area contributed by atoms with E-state index in [0.29, 0.717) is 0 Å². The number of hydrogen-bond donors (Lipinski definition) is 2. The van der Waals surface area contributed by atoms with Gasteiger partial charge in [-0.2, -0.15) is 0 Å². The lowest BCUT2D eigenvalue weighted by molar-refractivity contribution is 0.795. The fraction of sp³-hybridized carbons (Fsp3) is 0.353. The molecule has 20 heavy (non-hydrogen) atoms. The molecule has 2 rings (SSSR count). The number of aryl methyl sites for hydroxylation is 1. The van der Waals surface area contributed by atoms with Crippen LogP contribution >= 0.6 is 0 Å². The Kier molecular flexibility index (Phi) is 5.42. The number of unbranched alkanes of at least 4 members (excludes halogenated alkanes) is 1. The number of anilines is 3. The maximum atomic E-state index is 4.27. The highest BCUT2D eigenvalue weighted by Crippen LogP contribution is 2.19. The first kappa shape index (κ1) is 14.4. The highest BCUT2D eigenvalue weighted by Gasteiger charge is 1.98. The minimum atomic E-state index is 0.878. The molecule has 0 spiro atoms. The van der Waals surface area contributed by atoms with E-state index in [1.807, 2.05) is 18.3 Å². The van der Waals surface area contributed by atoms with Crippen molar-refractivity contribution in [1.82, 2.24) is 4.98 Å². The SMILES string of the molecule is CCCCc1ccc(Nc2ccnc(NCC)c2)cc1. The van der Waals surface area contributed by atoms with Crippen molar-refractivity contribution in [2.24, 2.45) is 0 Å². The van der Waals surface area contributed by atoms with Crippen LogP contribution < -0.4 is 10.6 Å². The summed E-state index contributed by atoms with van der Waals surface area (Å²) in [5.74, 6) is 0.900. The number of hydrogen-bond acceptors (Lipinski definition) is 3. The average Bonchev–Trinajstić information content (AvgIpc) is 2.47. The van der Waals surface area contributed by atoms with Crippen LogP contribution in [0, 0.1) is 0 Å². The predicted octanol–water partition coefficient (Wildman–Crippen LogP) is 4.60. The van der Waals surface area contributed by atoms with Crippen molar-refractivity contribution >= 4 is 17.2 Å². The normalized spacial score (nSPS) is 10.3. The molecule has 0 fully saturated rings. The van der Waals surface area contributed by atoms with Gasteiger partial charge in [-0.25, -0.2) is 4.98 Å². The molecule has 0 unspecified atom stereocenters. The molecule has 106 valence electrons. The molecule has 0 radical (unpaired) electrons. The molecule has 0 saturated carbocycles. The zero-order valence-corrected chi connectivity index (χ0v) is 12.3. The Hall–Kier alpha value is -2.03. The Morgan fingerprint density at radius 3 is 2.50 bits per heavy atom. The molecule has 1 aromatic heterocycles. The van der Waals surface area contributed by atoms with E-state index in [1.165, 1.54) is 18.4 Å². The second kappa shape index (κ2) is 7.53. The Morgan fingerprint density at radius 1 is 1.00 bits per heavy atom. The molecule has 2 N–H and O–H groups in total. The molecule has 0 atom stereocenters. The summed E-state index contributed by atoms with van der Waals surface area (Å²) in [6.07, 6.45) is 5.47. The summed E-state index contributed by atoms with van der Waals surface area (Å²) in [7, 11) is 0. The maximum Gasteiger partial charge on any atom is 0.127 e. The van der Waals surface area contributed by atoms with Gasteiger partial charge in [-0.1, -0.05) is 25.5 Å². The van der Waals surface area contributed by atoms with E-state index in [0.717, 1.165) is 30.2 Å². The quantitative estimate of drug-likeness (QED) is 0.771. The average molecular weight is 269 g/mol. The fourth-order valence-electron chi connectivity index (χ4n) is 2.09. The van der Waals surface area contributed by atoms with Gasteiger partial charge in [0.1, 0.15) is 5.82 Å². The summed E-state index contributed by atoms with van der Waals surface area (Å²) in [6, 6.07) is 12.7. The van der Waals surface area contributed by atoms with Crippen LogP contribution in [0.1, 0.15) is 32.3 Å². The molecule has 0 aliphatic carbocycles. The topological polar surface area (TPSA) is 37.0 Å². The highest BCUT2D eigenvalue weighted by molar-refractivity contribution is 5.62. The summed E-state index contributed by atoms with van der Waals surface area (Å²) in [5, 5.41) is 6.62. The second-order valence-corrected chi connectivity index (χ2v) is 4.89. The lowest BCUT2D eigenvalue weighted by atomic mass is 10.1. The summed E-state index contributed by atoms with van der Waals surface area (Å²) in [6.45, 7) is 5.17. The summed E-state index contributed by atoms with van der Waals surface area (Å²) >= 11 is 0. The molecule has 1 heterocycles. The molecule has 0 saturated heterocycles. The monoisotopic (exact) mass is 269 g/mol. The molecule has 3 nitrogen and oxygen atoms in total. The zero-order valence-electron chi connectivity index (χ0n) is 12.3. The van der Waals surface area contributed by atoms with E-state index in [1.54, 1.807) is 0 Å². The molecule has 3 heteroatoms. The number of pyridine rings is 1. The van der Waals surface area contributed by atoms with Gasteiger partial charge in [0.25, 0.3) is 0 Å². The highest BCUT2D eigenvalue weighted by atomic mass is 15.0. The molecular formula is C17H23N3. The lowest BCUT2D eigenvalue weighted by Gasteiger charge is -2.09. The predicted molar refractivity (Wildman–Crippen MR) is 86.7 cm³/mol.